The Bertz CT molecular complexity index is 376. The molecule has 10 nitrogen and oxygen atoms in total. The summed E-state index contributed by atoms with van der Waals surface area (Å²) < 4.78 is 9.23. The fourth-order valence-electron chi connectivity index (χ4n) is 1.23. The van der Waals surface area contributed by atoms with Gasteiger partial charge in [-0.1, -0.05) is 0 Å². The van der Waals surface area contributed by atoms with Crippen molar-refractivity contribution in [3.8, 4) is 0 Å². The molecule has 24 heavy (non-hydrogen) atoms. The van der Waals surface area contributed by atoms with Crippen LogP contribution in [0.3, 0.4) is 0 Å². The predicted molar refractivity (Wildman–Crippen MR) is 82.6 cm³/mol. The first kappa shape index (κ1) is 24.1. The van der Waals surface area contributed by atoms with Crippen molar-refractivity contribution in [1.82, 2.24) is 10.6 Å². The summed E-state index contributed by atoms with van der Waals surface area (Å²) in [6.07, 6.45) is 0. The van der Waals surface area contributed by atoms with Gasteiger partial charge < -0.3 is 30.3 Å². The van der Waals surface area contributed by atoms with Crippen molar-refractivity contribution in [3.05, 3.63) is 0 Å². The minimum Gasteiger partial charge on any atom is -0.464 e. The number of nitrogens with one attached hydrogen (secondary N) is 2. The van der Waals surface area contributed by atoms with Gasteiger partial charge in [0.05, 0.1) is 13.2 Å². The Kier molecular flexibility index (Phi) is 14.4. The molecule has 0 bridgehead atoms. The number of hydrogen-bond acceptors (Lipinski definition) is 8. The number of hydrogen-bond donors (Lipinski definition) is 4. The molecule has 0 saturated heterocycles. The number of aliphatic hydroxyl groups is 2. The largest absolute Gasteiger partial charge is 0.464 e. The van der Waals surface area contributed by atoms with Crippen LogP contribution in [-0.2, 0) is 28.7 Å². The number of aliphatic hydroxyl groups excluding tert-OH is 2. The summed E-state index contributed by atoms with van der Waals surface area (Å²) in [7, 11) is 0. The molecule has 0 fully saturated rings. The van der Waals surface area contributed by atoms with Crippen molar-refractivity contribution in [2.45, 2.75) is 39.8 Å². The molecule has 0 aliphatic heterocycles. The van der Waals surface area contributed by atoms with Crippen molar-refractivity contribution in [2.75, 3.05) is 26.4 Å². The number of amides is 2. The number of ether oxygens (including phenoxy) is 2. The number of carbonyl (C=O) groups excluding carboxylic acids is 4. The summed E-state index contributed by atoms with van der Waals surface area (Å²) >= 11 is 0. The zero-order valence-electron chi connectivity index (χ0n) is 14.3. The minimum absolute atomic E-state index is 0.276. The smallest absolute Gasteiger partial charge is 0.328 e. The topological polar surface area (TPSA) is 151 Å². The van der Waals surface area contributed by atoms with E-state index in [4.69, 9.17) is 10.2 Å². The van der Waals surface area contributed by atoms with E-state index >= 15 is 0 Å². The van der Waals surface area contributed by atoms with Crippen LogP contribution in [0.1, 0.15) is 27.7 Å². The van der Waals surface area contributed by atoms with Crippen LogP contribution in [-0.4, -0.2) is 72.5 Å². The van der Waals surface area contributed by atoms with Gasteiger partial charge in [0, 0.05) is 0 Å². The first-order valence-electron chi connectivity index (χ1n) is 7.37. The van der Waals surface area contributed by atoms with Gasteiger partial charge in [-0.25, -0.2) is 9.59 Å². The maximum absolute atomic E-state index is 10.9. The first-order chi connectivity index (χ1) is 11.2. The second-order valence-corrected chi connectivity index (χ2v) is 4.40. The van der Waals surface area contributed by atoms with Gasteiger partial charge in [0.2, 0.25) is 11.8 Å². The lowest BCUT2D eigenvalue weighted by molar-refractivity contribution is -0.147. The van der Waals surface area contributed by atoms with Gasteiger partial charge in [0.15, 0.2) is 0 Å². The van der Waals surface area contributed by atoms with Crippen LogP contribution in [0.4, 0.5) is 0 Å². The predicted octanol–water partition coefficient (Wildman–Crippen LogP) is -1.91. The van der Waals surface area contributed by atoms with Crippen molar-refractivity contribution < 1.29 is 38.9 Å². The summed E-state index contributed by atoms with van der Waals surface area (Å²) in [6.45, 7) is 5.65. The molecule has 2 unspecified atom stereocenters. The van der Waals surface area contributed by atoms with Crippen molar-refractivity contribution in [1.29, 1.82) is 0 Å². The van der Waals surface area contributed by atoms with Crippen molar-refractivity contribution >= 4 is 23.8 Å². The van der Waals surface area contributed by atoms with Gasteiger partial charge in [-0.15, -0.1) is 0 Å². The highest BCUT2D eigenvalue weighted by Gasteiger charge is 2.16. The summed E-state index contributed by atoms with van der Waals surface area (Å²) in [5.41, 5.74) is 0. The highest BCUT2D eigenvalue weighted by molar-refractivity contribution is 5.85. The fraction of sp³-hybridized carbons (Fsp3) is 0.714. The molecule has 4 N–H and O–H groups in total. The molecule has 0 spiro atoms. The minimum atomic E-state index is -0.704. The van der Waals surface area contributed by atoms with Crippen LogP contribution < -0.4 is 10.6 Å². The summed E-state index contributed by atoms with van der Waals surface area (Å²) in [5.74, 6) is -2.18. The Morgan fingerprint density at radius 3 is 1.29 bits per heavy atom. The molecule has 0 rings (SSSR count). The third-order valence-electron chi connectivity index (χ3n) is 2.32. The summed E-state index contributed by atoms with van der Waals surface area (Å²) in [5, 5.41) is 21.2. The maximum Gasteiger partial charge on any atom is 0.328 e. The average molecular weight is 350 g/mol. The van der Waals surface area contributed by atoms with E-state index in [9.17, 15) is 19.2 Å². The Labute approximate surface area is 140 Å². The Morgan fingerprint density at radius 1 is 0.792 bits per heavy atom. The molecule has 2 atom stereocenters. The van der Waals surface area contributed by atoms with Gasteiger partial charge in [-0.3, -0.25) is 9.59 Å². The Morgan fingerprint density at radius 2 is 1.08 bits per heavy atom. The molecule has 0 aliphatic rings. The Hall–Kier alpha value is -2.20. The molecule has 140 valence electrons. The lowest BCUT2D eigenvalue weighted by Crippen LogP contribution is -2.40. The van der Waals surface area contributed by atoms with Gasteiger partial charge in [0.1, 0.15) is 25.3 Å². The molecule has 0 saturated carbocycles. The van der Waals surface area contributed by atoms with Gasteiger partial charge in [0.25, 0.3) is 0 Å². The third kappa shape index (κ3) is 12.4. The molecule has 0 aromatic carbocycles. The molecule has 0 aromatic heterocycles. The van der Waals surface area contributed by atoms with Crippen molar-refractivity contribution in [3.63, 3.8) is 0 Å². The van der Waals surface area contributed by atoms with Gasteiger partial charge in [-0.2, -0.15) is 0 Å². The van der Waals surface area contributed by atoms with E-state index in [-0.39, 0.29) is 13.2 Å². The highest BCUT2D eigenvalue weighted by Crippen LogP contribution is 1.87. The second kappa shape index (κ2) is 14.4. The molecule has 10 heteroatoms. The maximum atomic E-state index is 10.9. The number of rotatable bonds is 8. The zero-order chi connectivity index (χ0) is 19.1. The van der Waals surface area contributed by atoms with Crippen molar-refractivity contribution in [2.24, 2.45) is 0 Å². The lowest BCUT2D eigenvalue weighted by Gasteiger charge is -2.10. The van der Waals surface area contributed by atoms with E-state index in [1.807, 2.05) is 0 Å². The fourth-order valence-corrected chi connectivity index (χ4v) is 1.23. The van der Waals surface area contributed by atoms with Gasteiger partial charge in [-0.05, 0) is 27.7 Å². The number of esters is 2. The summed E-state index contributed by atoms with van der Waals surface area (Å²) in [4.78, 5) is 42.9. The van der Waals surface area contributed by atoms with Gasteiger partial charge >= 0.3 is 11.9 Å². The van der Waals surface area contributed by atoms with Crippen LogP contribution in [0.15, 0.2) is 0 Å². The number of carbonyl (C=O) groups is 4. The molecular formula is C14H26N2O8. The van der Waals surface area contributed by atoms with E-state index in [0.717, 1.165) is 0 Å². The summed E-state index contributed by atoms with van der Waals surface area (Å²) in [6, 6.07) is -1.41. The normalized spacial score (nSPS) is 11.9. The molecule has 0 aromatic rings. The molecule has 0 aliphatic carbocycles. The molecule has 0 heterocycles. The van der Waals surface area contributed by atoms with E-state index in [1.165, 1.54) is 13.8 Å². The van der Waals surface area contributed by atoms with Crippen LogP contribution in [0.5, 0.6) is 0 Å². The van der Waals surface area contributed by atoms with E-state index < -0.39 is 49.1 Å². The monoisotopic (exact) mass is 350 g/mol. The highest BCUT2D eigenvalue weighted by atomic mass is 16.5. The first-order valence-corrected chi connectivity index (χ1v) is 7.37. The van der Waals surface area contributed by atoms with E-state index in [1.54, 1.807) is 13.8 Å². The zero-order valence-corrected chi connectivity index (χ0v) is 14.3. The third-order valence-corrected chi connectivity index (χ3v) is 2.32. The molecule has 2 amide bonds. The Balaban J connectivity index is 0. The molecule has 0 radical (unpaired) electrons. The standard InChI is InChI=1S/2C7H13NO4/c2*1-3-12-7(11)5(2)8-6(10)4-9/h2*5,9H,3-4H2,1-2H3,(H,8,10). The quantitative estimate of drug-likeness (QED) is 0.370. The second-order valence-electron chi connectivity index (χ2n) is 4.40. The molecular weight excluding hydrogens is 324 g/mol. The van der Waals surface area contributed by atoms with Crippen LogP contribution in [0, 0.1) is 0 Å². The van der Waals surface area contributed by atoms with E-state index in [2.05, 4.69) is 20.1 Å². The van der Waals surface area contributed by atoms with Crippen LogP contribution in [0.2, 0.25) is 0 Å². The lowest BCUT2D eigenvalue weighted by atomic mass is 10.3. The van der Waals surface area contributed by atoms with E-state index in [0.29, 0.717) is 0 Å². The average Bonchev–Trinajstić information content (AvgIpc) is 2.55. The van der Waals surface area contributed by atoms with Crippen LogP contribution in [0.25, 0.3) is 0 Å². The van der Waals surface area contributed by atoms with Crippen LogP contribution >= 0.6 is 0 Å². The SMILES string of the molecule is CCOC(=O)C(C)NC(=O)CO.CCOC(=O)C(C)NC(=O)CO.